The van der Waals surface area contributed by atoms with E-state index in [-0.39, 0.29) is 6.10 Å². The lowest BCUT2D eigenvalue weighted by Gasteiger charge is -2.18. The molecule has 0 saturated heterocycles. The summed E-state index contributed by atoms with van der Waals surface area (Å²) in [5.74, 6) is 1.94. The van der Waals surface area contributed by atoms with Gasteiger partial charge in [0.2, 0.25) is 0 Å². The Bertz CT molecular complexity index is 978. The van der Waals surface area contributed by atoms with Crippen LogP contribution in [0.25, 0.3) is 21.9 Å². The summed E-state index contributed by atoms with van der Waals surface area (Å²) in [5.41, 5.74) is 2.38. The molecule has 0 spiro atoms. The Morgan fingerprint density at radius 1 is 0.676 bits per heavy atom. The van der Waals surface area contributed by atoms with Crippen molar-refractivity contribution in [2.75, 3.05) is 6.61 Å². The van der Waals surface area contributed by atoms with E-state index < -0.39 is 0 Å². The van der Waals surface area contributed by atoms with Gasteiger partial charge in [-0.2, -0.15) is 0 Å². The number of hydrogen-bond acceptors (Lipinski definition) is 2. The van der Waals surface area contributed by atoms with Gasteiger partial charge in [0.25, 0.3) is 0 Å². The summed E-state index contributed by atoms with van der Waals surface area (Å²) in [6.07, 6.45) is 14.1. The summed E-state index contributed by atoms with van der Waals surface area (Å²) < 4.78 is 12.5. The lowest BCUT2D eigenvalue weighted by atomic mass is 9.97. The smallest absolute Gasteiger partial charge is 0.127 e. The highest BCUT2D eigenvalue weighted by atomic mass is 16.5. The van der Waals surface area contributed by atoms with Gasteiger partial charge in [-0.3, -0.25) is 0 Å². The largest absolute Gasteiger partial charge is 0.494 e. The van der Waals surface area contributed by atoms with Gasteiger partial charge in [-0.15, -0.1) is 0 Å². The second-order valence-electron chi connectivity index (χ2n) is 9.58. The normalized spacial score (nSPS) is 12.1. The monoisotopic (exact) mass is 460 g/mol. The van der Waals surface area contributed by atoms with Crippen LogP contribution in [-0.2, 0) is 0 Å². The molecule has 3 aromatic carbocycles. The van der Waals surface area contributed by atoms with E-state index in [0.29, 0.717) is 0 Å². The van der Waals surface area contributed by atoms with Crippen LogP contribution in [-0.4, -0.2) is 12.7 Å². The molecule has 0 bridgehead atoms. The molecule has 34 heavy (non-hydrogen) atoms. The molecule has 0 aromatic heterocycles. The van der Waals surface area contributed by atoms with Crippen molar-refractivity contribution in [3.8, 4) is 22.6 Å². The first kappa shape index (κ1) is 26.1. The van der Waals surface area contributed by atoms with Crippen molar-refractivity contribution in [1.29, 1.82) is 0 Å². The molecule has 0 saturated carbocycles. The highest BCUT2D eigenvalue weighted by Gasteiger charge is 2.12. The minimum absolute atomic E-state index is 0.218. The molecule has 0 radical (unpaired) electrons. The first-order chi connectivity index (χ1) is 16.7. The van der Waals surface area contributed by atoms with Crippen LogP contribution in [0, 0.1) is 0 Å². The Labute approximate surface area is 207 Å². The van der Waals surface area contributed by atoms with E-state index in [1.165, 1.54) is 74.1 Å². The molecule has 0 aliphatic heterocycles. The molecular weight excluding hydrogens is 416 g/mol. The fraction of sp³-hybridized carbons (Fsp3) is 0.500. The summed E-state index contributed by atoms with van der Waals surface area (Å²) in [6, 6.07) is 21.5. The van der Waals surface area contributed by atoms with E-state index in [0.717, 1.165) is 36.5 Å². The van der Waals surface area contributed by atoms with Gasteiger partial charge < -0.3 is 9.47 Å². The predicted octanol–water partition coefficient (Wildman–Crippen LogP) is 9.98. The summed E-state index contributed by atoms with van der Waals surface area (Å²) >= 11 is 0. The van der Waals surface area contributed by atoms with Crippen molar-refractivity contribution in [2.24, 2.45) is 0 Å². The molecule has 0 fully saturated rings. The van der Waals surface area contributed by atoms with E-state index in [4.69, 9.17) is 9.47 Å². The minimum atomic E-state index is 0.218. The Balaban J connectivity index is 1.67. The van der Waals surface area contributed by atoms with Gasteiger partial charge in [0.1, 0.15) is 11.5 Å². The van der Waals surface area contributed by atoms with Crippen LogP contribution in [0.5, 0.6) is 11.5 Å². The van der Waals surface area contributed by atoms with E-state index in [1.54, 1.807) is 0 Å². The molecule has 3 aromatic rings. The summed E-state index contributed by atoms with van der Waals surface area (Å²) in [7, 11) is 0. The summed E-state index contributed by atoms with van der Waals surface area (Å²) in [5, 5.41) is 2.45. The number of hydrogen-bond donors (Lipinski definition) is 0. The van der Waals surface area contributed by atoms with Gasteiger partial charge in [0.15, 0.2) is 0 Å². The molecule has 1 atom stereocenters. The molecule has 2 nitrogen and oxygen atoms in total. The molecule has 0 N–H and O–H groups in total. The number of ether oxygens (including phenoxy) is 2. The van der Waals surface area contributed by atoms with E-state index in [2.05, 4.69) is 81.4 Å². The average molecular weight is 461 g/mol. The standard InChI is InChI=1S/C32H44O2/c1-4-6-8-10-11-15-24-33-28-22-23-29-27(25-28)18-16-20-30(29)31-19-13-14-21-32(31)34-26(3)17-12-9-7-5-2/h13-14,16,18-23,25-26H,4-12,15,17,24H2,1-3H3. The fourth-order valence-corrected chi connectivity index (χ4v) is 4.58. The first-order valence-electron chi connectivity index (χ1n) is 13.6. The number of fused-ring (bicyclic) bond motifs is 1. The topological polar surface area (TPSA) is 18.5 Å². The molecule has 2 heteroatoms. The van der Waals surface area contributed by atoms with Gasteiger partial charge in [-0.05, 0) is 60.7 Å². The zero-order valence-corrected chi connectivity index (χ0v) is 21.7. The van der Waals surface area contributed by atoms with Crippen molar-refractivity contribution < 1.29 is 9.47 Å². The van der Waals surface area contributed by atoms with Crippen molar-refractivity contribution in [3.05, 3.63) is 60.7 Å². The third-order valence-corrected chi connectivity index (χ3v) is 6.59. The second-order valence-corrected chi connectivity index (χ2v) is 9.58. The highest BCUT2D eigenvalue weighted by Crippen LogP contribution is 2.36. The summed E-state index contributed by atoms with van der Waals surface area (Å²) in [4.78, 5) is 0. The molecule has 0 aliphatic carbocycles. The van der Waals surface area contributed by atoms with Gasteiger partial charge in [0.05, 0.1) is 12.7 Å². The maximum Gasteiger partial charge on any atom is 0.127 e. The Kier molecular flexibility index (Phi) is 11.3. The molecule has 0 amide bonds. The Morgan fingerprint density at radius 3 is 2.21 bits per heavy atom. The molecular formula is C32H44O2. The van der Waals surface area contributed by atoms with E-state index in [1.807, 2.05) is 0 Å². The Morgan fingerprint density at radius 2 is 1.38 bits per heavy atom. The van der Waals surface area contributed by atoms with Gasteiger partial charge in [0, 0.05) is 5.56 Å². The highest BCUT2D eigenvalue weighted by molar-refractivity contribution is 5.98. The third kappa shape index (κ3) is 8.08. The van der Waals surface area contributed by atoms with Gasteiger partial charge in [-0.25, -0.2) is 0 Å². The SMILES string of the molecule is CCCCCCCCOc1ccc2c(-c3ccccc3OC(C)CCCCCC)cccc2c1. The lowest BCUT2D eigenvalue weighted by molar-refractivity contribution is 0.207. The van der Waals surface area contributed by atoms with E-state index in [9.17, 15) is 0 Å². The predicted molar refractivity (Wildman–Crippen MR) is 147 cm³/mol. The minimum Gasteiger partial charge on any atom is -0.494 e. The number of rotatable bonds is 16. The number of benzene rings is 3. The van der Waals surface area contributed by atoms with Crippen molar-refractivity contribution in [1.82, 2.24) is 0 Å². The zero-order valence-electron chi connectivity index (χ0n) is 21.7. The molecule has 184 valence electrons. The van der Waals surface area contributed by atoms with Crippen LogP contribution >= 0.6 is 0 Å². The van der Waals surface area contributed by atoms with Crippen LogP contribution < -0.4 is 9.47 Å². The average Bonchev–Trinajstić information content (AvgIpc) is 2.86. The number of para-hydroxylation sites is 1. The maximum absolute atomic E-state index is 6.43. The van der Waals surface area contributed by atoms with Crippen LogP contribution in [0.15, 0.2) is 60.7 Å². The van der Waals surface area contributed by atoms with Crippen LogP contribution in [0.4, 0.5) is 0 Å². The van der Waals surface area contributed by atoms with Crippen molar-refractivity contribution in [2.45, 2.75) is 97.5 Å². The third-order valence-electron chi connectivity index (χ3n) is 6.59. The van der Waals surface area contributed by atoms with Crippen molar-refractivity contribution >= 4 is 10.8 Å². The molecule has 1 unspecified atom stereocenters. The fourth-order valence-electron chi connectivity index (χ4n) is 4.58. The lowest BCUT2D eigenvalue weighted by Crippen LogP contribution is -2.12. The molecule has 3 rings (SSSR count). The second kappa shape index (κ2) is 14.7. The van der Waals surface area contributed by atoms with Crippen LogP contribution in [0.3, 0.4) is 0 Å². The van der Waals surface area contributed by atoms with Crippen LogP contribution in [0.2, 0.25) is 0 Å². The van der Waals surface area contributed by atoms with Gasteiger partial charge in [-0.1, -0.05) is 108 Å². The van der Waals surface area contributed by atoms with Crippen molar-refractivity contribution in [3.63, 3.8) is 0 Å². The molecule has 0 aliphatic rings. The quantitative estimate of drug-likeness (QED) is 0.198. The number of unbranched alkanes of at least 4 members (excludes halogenated alkanes) is 8. The maximum atomic E-state index is 6.43. The van der Waals surface area contributed by atoms with Crippen LogP contribution in [0.1, 0.15) is 91.4 Å². The zero-order chi connectivity index (χ0) is 24.0. The summed E-state index contributed by atoms with van der Waals surface area (Å²) in [6.45, 7) is 7.50. The molecule has 0 heterocycles. The van der Waals surface area contributed by atoms with E-state index >= 15 is 0 Å². The van der Waals surface area contributed by atoms with Gasteiger partial charge >= 0.3 is 0 Å². The Hall–Kier alpha value is -2.48. The first-order valence-corrected chi connectivity index (χ1v) is 13.6.